The van der Waals surface area contributed by atoms with Crippen molar-refractivity contribution in [1.82, 2.24) is 5.43 Å². The van der Waals surface area contributed by atoms with Crippen molar-refractivity contribution in [3.05, 3.63) is 62.5 Å². The number of aromatic hydroxyl groups is 1. The molecule has 2 aromatic rings. The van der Waals surface area contributed by atoms with E-state index in [9.17, 15) is 9.90 Å². The lowest BCUT2D eigenvalue weighted by Crippen LogP contribution is -2.17. The summed E-state index contributed by atoms with van der Waals surface area (Å²) in [6, 6.07) is 12.5. The molecule has 2 N–H and O–H groups in total. The van der Waals surface area contributed by atoms with Gasteiger partial charge in [-0.3, -0.25) is 4.79 Å². The maximum atomic E-state index is 11.9. The number of nitrogens with zero attached hydrogens (tertiary/aromatic N) is 1. The van der Waals surface area contributed by atoms with E-state index < -0.39 is 5.91 Å². The van der Waals surface area contributed by atoms with Crippen LogP contribution in [-0.4, -0.2) is 17.2 Å². The molecule has 0 atom stereocenters. The van der Waals surface area contributed by atoms with Crippen LogP contribution in [0.3, 0.4) is 0 Å². The van der Waals surface area contributed by atoms with Crippen molar-refractivity contribution in [2.75, 3.05) is 0 Å². The number of hydrogen-bond donors (Lipinski definition) is 2. The number of phenols is 1. The quantitative estimate of drug-likeness (QED) is 0.612. The highest BCUT2D eigenvalue weighted by molar-refractivity contribution is 9.11. The van der Waals surface area contributed by atoms with Crippen LogP contribution in [-0.2, 0) is 0 Å². The number of benzene rings is 2. The summed E-state index contributed by atoms with van der Waals surface area (Å²) in [6.45, 7) is 0. The third kappa shape index (κ3) is 3.68. The van der Waals surface area contributed by atoms with E-state index in [0.29, 0.717) is 8.95 Å². The molecule has 0 radical (unpaired) electrons. The number of amides is 1. The van der Waals surface area contributed by atoms with Crippen LogP contribution in [0.15, 0.2) is 56.5 Å². The maximum absolute atomic E-state index is 11.9. The van der Waals surface area contributed by atoms with Gasteiger partial charge in [0.2, 0.25) is 0 Å². The minimum Gasteiger partial charge on any atom is -0.506 e. The zero-order valence-electron chi connectivity index (χ0n) is 10.2. The summed E-state index contributed by atoms with van der Waals surface area (Å²) < 4.78 is 1.11. The fourth-order valence-electron chi connectivity index (χ4n) is 1.50. The van der Waals surface area contributed by atoms with Crippen LogP contribution in [0.2, 0.25) is 0 Å². The molecule has 0 fully saturated rings. The summed E-state index contributed by atoms with van der Waals surface area (Å²) in [4.78, 5) is 11.9. The zero-order valence-corrected chi connectivity index (χ0v) is 13.3. The van der Waals surface area contributed by atoms with Crippen molar-refractivity contribution in [2.45, 2.75) is 0 Å². The van der Waals surface area contributed by atoms with Gasteiger partial charge in [-0.1, -0.05) is 46.3 Å². The second-order valence-corrected chi connectivity index (χ2v) is 5.66. The molecule has 102 valence electrons. The lowest BCUT2D eigenvalue weighted by atomic mass is 10.2. The highest BCUT2D eigenvalue weighted by atomic mass is 79.9. The van der Waals surface area contributed by atoms with Gasteiger partial charge in [-0.05, 0) is 33.6 Å². The highest BCUT2D eigenvalue weighted by Gasteiger charge is 2.14. The lowest BCUT2D eigenvalue weighted by molar-refractivity contribution is 0.0952. The number of phenolic OH excluding ortho intramolecular Hbond substituents is 1. The van der Waals surface area contributed by atoms with Crippen molar-refractivity contribution in [3.8, 4) is 5.75 Å². The largest absolute Gasteiger partial charge is 0.506 e. The molecule has 1 amide bonds. The Morgan fingerprint density at radius 2 is 1.90 bits per heavy atom. The minimum atomic E-state index is -0.489. The first kappa shape index (κ1) is 14.7. The van der Waals surface area contributed by atoms with Crippen molar-refractivity contribution >= 4 is 44.0 Å². The second-order valence-electron chi connectivity index (χ2n) is 3.89. The Hall–Kier alpha value is -1.66. The number of carbonyl (C=O) groups is 1. The monoisotopic (exact) mass is 396 g/mol. The molecule has 0 bridgehead atoms. The van der Waals surface area contributed by atoms with Gasteiger partial charge in [0.15, 0.2) is 0 Å². The first-order valence-corrected chi connectivity index (χ1v) is 7.23. The van der Waals surface area contributed by atoms with E-state index in [4.69, 9.17) is 0 Å². The Labute approximate surface area is 132 Å². The second kappa shape index (κ2) is 6.67. The number of carbonyl (C=O) groups excluding carboxylic acids is 1. The summed E-state index contributed by atoms with van der Waals surface area (Å²) in [6.07, 6.45) is 1.53. The molecule has 2 rings (SSSR count). The smallest absolute Gasteiger partial charge is 0.275 e. The third-order valence-electron chi connectivity index (χ3n) is 2.45. The van der Waals surface area contributed by atoms with Crippen molar-refractivity contribution < 1.29 is 9.90 Å². The van der Waals surface area contributed by atoms with Crippen molar-refractivity contribution in [2.24, 2.45) is 5.10 Å². The van der Waals surface area contributed by atoms with E-state index in [1.54, 1.807) is 6.07 Å². The predicted octanol–water partition coefficient (Wildman–Crippen LogP) is 3.68. The zero-order chi connectivity index (χ0) is 14.5. The van der Waals surface area contributed by atoms with Crippen molar-refractivity contribution in [1.29, 1.82) is 0 Å². The van der Waals surface area contributed by atoms with Crippen LogP contribution in [0.1, 0.15) is 15.9 Å². The van der Waals surface area contributed by atoms with E-state index in [2.05, 4.69) is 42.4 Å². The first-order chi connectivity index (χ1) is 9.58. The Kier molecular flexibility index (Phi) is 4.92. The Bertz CT molecular complexity index is 658. The van der Waals surface area contributed by atoms with E-state index >= 15 is 0 Å². The molecule has 2 aromatic carbocycles. The standard InChI is InChI=1S/C14H10Br2N2O2/c15-10-6-11(13(19)12(16)7-10)14(20)18-17-8-9-4-2-1-3-5-9/h1-8,19H,(H,18,20)/b17-8-. The highest BCUT2D eigenvalue weighted by Crippen LogP contribution is 2.31. The van der Waals surface area contributed by atoms with E-state index in [1.807, 2.05) is 30.3 Å². The summed E-state index contributed by atoms with van der Waals surface area (Å²) in [5.41, 5.74) is 3.38. The van der Waals surface area contributed by atoms with Gasteiger partial charge in [-0.25, -0.2) is 5.43 Å². The molecule has 0 heterocycles. The molecule has 0 unspecified atom stereocenters. The van der Waals surface area contributed by atoms with Gasteiger partial charge in [0, 0.05) is 4.47 Å². The van der Waals surface area contributed by atoms with Gasteiger partial charge in [-0.15, -0.1) is 0 Å². The SMILES string of the molecule is O=C(N/N=C\c1ccccc1)c1cc(Br)cc(Br)c1O. The molecule has 0 saturated heterocycles. The summed E-state index contributed by atoms with van der Waals surface area (Å²) in [5.74, 6) is -0.614. The number of hydrazone groups is 1. The molecule has 6 heteroatoms. The normalized spacial score (nSPS) is 10.7. The molecule has 0 aliphatic rings. The van der Waals surface area contributed by atoms with Crippen LogP contribution >= 0.6 is 31.9 Å². The van der Waals surface area contributed by atoms with Crippen molar-refractivity contribution in [3.63, 3.8) is 0 Å². The number of hydrogen-bond acceptors (Lipinski definition) is 3. The van der Waals surface area contributed by atoms with Gasteiger partial charge in [0.25, 0.3) is 5.91 Å². The third-order valence-corrected chi connectivity index (χ3v) is 3.51. The average molecular weight is 398 g/mol. The van der Waals surface area contributed by atoms with Gasteiger partial charge in [-0.2, -0.15) is 5.10 Å². The van der Waals surface area contributed by atoms with Gasteiger partial charge in [0.1, 0.15) is 5.75 Å². The molecular formula is C14H10Br2N2O2. The fraction of sp³-hybridized carbons (Fsp3) is 0. The summed E-state index contributed by atoms with van der Waals surface area (Å²) in [7, 11) is 0. The Morgan fingerprint density at radius 1 is 1.20 bits per heavy atom. The maximum Gasteiger partial charge on any atom is 0.275 e. The van der Waals surface area contributed by atoms with Crippen LogP contribution < -0.4 is 5.43 Å². The molecule has 0 aliphatic heterocycles. The molecule has 0 aromatic heterocycles. The fourth-order valence-corrected chi connectivity index (χ4v) is 2.73. The Balaban J connectivity index is 2.11. The van der Waals surface area contributed by atoms with Gasteiger partial charge < -0.3 is 5.11 Å². The first-order valence-electron chi connectivity index (χ1n) is 5.64. The summed E-state index contributed by atoms with van der Waals surface area (Å²) in [5, 5.41) is 13.7. The van der Waals surface area contributed by atoms with Crippen LogP contribution in [0.25, 0.3) is 0 Å². The molecule has 0 aliphatic carbocycles. The number of rotatable bonds is 3. The molecule has 0 spiro atoms. The predicted molar refractivity (Wildman–Crippen MR) is 85.0 cm³/mol. The molecule has 4 nitrogen and oxygen atoms in total. The number of nitrogens with one attached hydrogen (secondary N) is 1. The molecule has 20 heavy (non-hydrogen) atoms. The average Bonchev–Trinajstić information content (AvgIpc) is 2.44. The summed E-state index contributed by atoms with van der Waals surface area (Å²) >= 11 is 6.43. The topological polar surface area (TPSA) is 61.7 Å². The van der Waals surface area contributed by atoms with Crippen LogP contribution in [0, 0.1) is 0 Å². The van der Waals surface area contributed by atoms with Gasteiger partial charge >= 0.3 is 0 Å². The Morgan fingerprint density at radius 3 is 2.60 bits per heavy atom. The van der Waals surface area contributed by atoms with E-state index in [1.165, 1.54) is 12.3 Å². The van der Waals surface area contributed by atoms with E-state index in [-0.39, 0.29) is 11.3 Å². The van der Waals surface area contributed by atoms with Gasteiger partial charge in [0.05, 0.1) is 16.3 Å². The minimum absolute atomic E-state index is 0.124. The molecular weight excluding hydrogens is 388 g/mol. The van der Waals surface area contributed by atoms with Crippen LogP contribution in [0.4, 0.5) is 0 Å². The number of halogens is 2. The molecule has 0 saturated carbocycles. The van der Waals surface area contributed by atoms with E-state index in [0.717, 1.165) is 5.56 Å². The lowest BCUT2D eigenvalue weighted by Gasteiger charge is -2.05. The van der Waals surface area contributed by atoms with Crippen LogP contribution in [0.5, 0.6) is 5.75 Å².